The molecule has 0 spiro atoms. The van der Waals surface area contributed by atoms with E-state index in [2.05, 4.69) is 44.6 Å². The van der Waals surface area contributed by atoms with Gasteiger partial charge in [-0.3, -0.25) is 0 Å². The number of rotatable bonds is 5. The van der Waals surface area contributed by atoms with E-state index in [1.54, 1.807) is 6.33 Å². The number of nitrogens with zero attached hydrogens (tertiary/aromatic N) is 3. The molecule has 6 nitrogen and oxygen atoms in total. The van der Waals surface area contributed by atoms with E-state index in [1.807, 2.05) is 30.3 Å². The molecule has 0 saturated carbocycles. The van der Waals surface area contributed by atoms with E-state index in [1.165, 1.54) is 5.56 Å². The Labute approximate surface area is 146 Å². The van der Waals surface area contributed by atoms with Gasteiger partial charge in [0.1, 0.15) is 17.9 Å². The van der Waals surface area contributed by atoms with Gasteiger partial charge in [0.05, 0.1) is 11.6 Å². The molecule has 2 N–H and O–H groups in total. The molecule has 0 amide bonds. The summed E-state index contributed by atoms with van der Waals surface area (Å²) >= 11 is 0. The maximum absolute atomic E-state index is 5.97. The van der Waals surface area contributed by atoms with E-state index in [-0.39, 0.29) is 12.1 Å². The number of hydrogen-bond acceptors (Lipinski definition) is 6. The Hall–Kier alpha value is -2.73. The fourth-order valence-electron chi connectivity index (χ4n) is 3.02. The predicted octanol–water partition coefficient (Wildman–Crippen LogP) is 2.94. The molecule has 2 aromatic heterocycles. The van der Waals surface area contributed by atoms with Crippen molar-refractivity contribution in [2.45, 2.75) is 25.5 Å². The maximum Gasteiger partial charge on any atom is 0.214 e. The maximum atomic E-state index is 5.97. The van der Waals surface area contributed by atoms with Gasteiger partial charge in [0, 0.05) is 12.6 Å². The van der Waals surface area contributed by atoms with Crippen molar-refractivity contribution < 1.29 is 4.74 Å². The fraction of sp³-hybridized carbons (Fsp3) is 0.316. The molecular weight excluding hydrogens is 314 g/mol. The smallest absolute Gasteiger partial charge is 0.214 e. The van der Waals surface area contributed by atoms with Crippen molar-refractivity contribution in [3.63, 3.8) is 0 Å². The average molecular weight is 335 g/mol. The summed E-state index contributed by atoms with van der Waals surface area (Å²) in [6.07, 6.45) is 2.74. The molecule has 0 unspecified atom stereocenters. The number of anilines is 1. The monoisotopic (exact) mass is 335 g/mol. The number of nitrogens with one attached hydrogen (secondary N) is 2. The molecule has 128 valence electrons. The molecule has 0 radical (unpaired) electrons. The van der Waals surface area contributed by atoms with Gasteiger partial charge >= 0.3 is 0 Å². The molecule has 1 aliphatic heterocycles. The van der Waals surface area contributed by atoms with Crippen LogP contribution >= 0.6 is 0 Å². The lowest BCUT2D eigenvalue weighted by molar-refractivity contribution is 0.215. The van der Waals surface area contributed by atoms with Gasteiger partial charge in [0.2, 0.25) is 5.88 Å². The number of benzene rings is 1. The first-order valence-electron chi connectivity index (χ1n) is 8.60. The van der Waals surface area contributed by atoms with Crippen LogP contribution in [-0.4, -0.2) is 34.1 Å². The molecule has 1 saturated heterocycles. The highest BCUT2D eigenvalue weighted by Gasteiger charge is 2.17. The molecule has 1 fully saturated rings. The van der Waals surface area contributed by atoms with E-state index in [9.17, 15) is 0 Å². The standard InChI is InChI=1S/C19H21N5O/c1-13(14-5-3-2-4-6-14)23-19-18-16(21-12-22-19)7-8-17(24-18)25-15-9-10-20-11-15/h2-8,12-13,15,20H,9-11H2,1H3,(H,21,22,23)/t13-,15+/m1/s1. The first-order valence-corrected chi connectivity index (χ1v) is 8.60. The van der Waals surface area contributed by atoms with Crippen molar-refractivity contribution in [2.75, 3.05) is 18.4 Å². The van der Waals surface area contributed by atoms with Gasteiger partial charge in [-0.1, -0.05) is 30.3 Å². The van der Waals surface area contributed by atoms with Crippen molar-refractivity contribution in [3.8, 4) is 5.88 Å². The summed E-state index contributed by atoms with van der Waals surface area (Å²) in [6, 6.07) is 14.2. The molecule has 2 atom stereocenters. The molecule has 6 heteroatoms. The van der Waals surface area contributed by atoms with Crippen LogP contribution in [0.1, 0.15) is 24.9 Å². The van der Waals surface area contributed by atoms with Crippen LogP contribution in [0.5, 0.6) is 5.88 Å². The van der Waals surface area contributed by atoms with Crippen LogP contribution < -0.4 is 15.4 Å². The molecule has 0 bridgehead atoms. The number of aromatic nitrogens is 3. The SMILES string of the molecule is C[C@@H](Nc1ncnc2ccc(O[C@H]3CCNC3)nc12)c1ccccc1. The van der Waals surface area contributed by atoms with Gasteiger partial charge in [-0.05, 0) is 31.5 Å². The number of hydrogen-bond donors (Lipinski definition) is 2. The molecule has 3 heterocycles. The molecule has 3 aromatic rings. The van der Waals surface area contributed by atoms with E-state index < -0.39 is 0 Å². The molecule has 0 aliphatic carbocycles. The van der Waals surface area contributed by atoms with E-state index in [4.69, 9.17) is 4.74 Å². The Morgan fingerprint density at radius 2 is 2.04 bits per heavy atom. The van der Waals surface area contributed by atoms with Gasteiger partial charge in [0.25, 0.3) is 0 Å². The zero-order chi connectivity index (χ0) is 17.1. The third-order valence-corrected chi connectivity index (χ3v) is 4.41. The first-order chi connectivity index (χ1) is 12.3. The second-order valence-corrected chi connectivity index (χ2v) is 6.25. The number of fused-ring (bicyclic) bond motifs is 1. The van der Waals surface area contributed by atoms with Crippen molar-refractivity contribution in [1.82, 2.24) is 20.3 Å². The molecule has 1 aliphatic rings. The van der Waals surface area contributed by atoms with Crippen LogP contribution in [0.3, 0.4) is 0 Å². The van der Waals surface area contributed by atoms with Crippen LogP contribution in [0.15, 0.2) is 48.8 Å². The van der Waals surface area contributed by atoms with E-state index in [0.29, 0.717) is 5.88 Å². The third-order valence-electron chi connectivity index (χ3n) is 4.41. The van der Waals surface area contributed by atoms with Gasteiger partial charge in [-0.15, -0.1) is 0 Å². The highest BCUT2D eigenvalue weighted by atomic mass is 16.5. The first kappa shape index (κ1) is 15.8. The molecule has 25 heavy (non-hydrogen) atoms. The fourth-order valence-corrected chi connectivity index (χ4v) is 3.02. The lowest BCUT2D eigenvalue weighted by Gasteiger charge is -2.16. The summed E-state index contributed by atoms with van der Waals surface area (Å²) in [5, 5.41) is 6.74. The Morgan fingerprint density at radius 3 is 2.84 bits per heavy atom. The summed E-state index contributed by atoms with van der Waals surface area (Å²) in [5.74, 6) is 1.34. The Bertz CT molecular complexity index is 849. The highest BCUT2D eigenvalue weighted by molar-refractivity contribution is 5.85. The summed E-state index contributed by atoms with van der Waals surface area (Å²) in [6.45, 7) is 3.96. The van der Waals surface area contributed by atoms with Gasteiger partial charge < -0.3 is 15.4 Å². The summed E-state index contributed by atoms with van der Waals surface area (Å²) in [7, 11) is 0. The van der Waals surface area contributed by atoms with Crippen molar-refractivity contribution in [1.29, 1.82) is 0 Å². The third kappa shape index (κ3) is 3.53. The minimum Gasteiger partial charge on any atom is -0.473 e. The Morgan fingerprint density at radius 1 is 1.16 bits per heavy atom. The lowest BCUT2D eigenvalue weighted by atomic mass is 10.1. The molecular formula is C19H21N5O. The minimum absolute atomic E-state index is 0.115. The summed E-state index contributed by atoms with van der Waals surface area (Å²) < 4.78 is 5.97. The summed E-state index contributed by atoms with van der Waals surface area (Å²) in [4.78, 5) is 13.4. The van der Waals surface area contributed by atoms with E-state index >= 15 is 0 Å². The second-order valence-electron chi connectivity index (χ2n) is 6.25. The zero-order valence-corrected chi connectivity index (χ0v) is 14.1. The molecule has 1 aromatic carbocycles. The van der Waals surface area contributed by atoms with Gasteiger partial charge in [-0.25, -0.2) is 15.0 Å². The normalized spacial score (nSPS) is 18.2. The lowest BCUT2D eigenvalue weighted by Crippen LogP contribution is -2.20. The Balaban J connectivity index is 1.61. The van der Waals surface area contributed by atoms with E-state index in [0.717, 1.165) is 36.4 Å². The molecule has 4 rings (SSSR count). The highest BCUT2D eigenvalue weighted by Crippen LogP contribution is 2.25. The van der Waals surface area contributed by atoms with Gasteiger partial charge in [-0.2, -0.15) is 0 Å². The quantitative estimate of drug-likeness (QED) is 0.747. The van der Waals surface area contributed by atoms with Crippen molar-refractivity contribution in [3.05, 3.63) is 54.4 Å². The second kappa shape index (κ2) is 7.03. The van der Waals surface area contributed by atoms with Crippen LogP contribution in [0, 0.1) is 0 Å². The summed E-state index contributed by atoms with van der Waals surface area (Å²) in [5.41, 5.74) is 2.72. The predicted molar refractivity (Wildman–Crippen MR) is 97.7 cm³/mol. The topological polar surface area (TPSA) is 72.0 Å². The van der Waals surface area contributed by atoms with Crippen LogP contribution in [0.2, 0.25) is 0 Å². The van der Waals surface area contributed by atoms with Gasteiger partial charge in [0.15, 0.2) is 5.82 Å². The average Bonchev–Trinajstić information content (AvgIpc) is 3.16. The Kier molecular flexibility index (Phi) is 4.43. The largest absolute Gasteiger partial charge is 0.473 e. The van der Waals surface area contributed by atoms with Crippen LogP contribution in [-0.2, 0) is 0 Å². The van der Waals surface area contributed by atoms with Crippen molar-refractivity contribution in [2.24, 2.45) is 0 Å². The number of pyridine rings is 1. The number of ether oxygens (including phenoxy) is 1. The minimum atomic E-state index is 0.115. The zero-order valence-electron chi connectivity index (χ0n) is 14.1. The van der Waals surface area contributed by atoms with Crippen molar-refractivity contribution >= 4 is 16.9 Å². The van der Waals surface area contributed by atoms with Crippen LogP contribution in [0.25, 0.3) is 11.0 Å². The van der Waals surface area contributed by atoms with Crippen LogP contribution in [0.4, 0.5) is 5.82 Å².